The van der Waals surface area contributed by atoms with Crippen molar-refractivity contribution < 1.29 is 9.53 Å². The maximum Gasteiger partial charge on any atom is 0.323 e. The van der Waals surface area contributed by atoms with E-state index in [-0.39, 0.29) is 24.4 Å². The van der Waals surface area contributed by atoms with Crippen molar-refractivity contribution in [3.8, 4) is 0 Å². The summed E-state index contributed by atoms with van der Waals surface area (Å²) in [6.45, 7) is 1.66. The number of nitrogens with zero attached hydrogens (tertiary/aromatic N) is 2. The fourth-order valence-electron chi connectivity index (χ4n) is 2.01. The van der Waals surface area contributed by atoms with Gasteiger partial charge in [0.25, 0.3) is 0 Å². The second-order valence-electron chi connectivity index (χ2n) is 3.82. The second kappa shape index (κ2) is 6.18. The fourth-order valence-corrected chi connectivity index (χ4v) is 2.72. The molecule has 1 aromatic heterocycles. The van der Waals surface area contributed by atoms with Crippen molar-refractivity contribution in [3.05, 3.63) is 11.1 Å². The lowest BCUT2D eigenvalue weighted by molar-refractivity contribution is -0.146. The van der Waals surface area contributed by atoms with Gasteiger partial charge in [-0.05, 0) is 19.4 Å². The topological polar surface area (TPSA) is 68.5 Å². The van der Waals surface area contributed by atoms with E-state index >= 15 is 0 Å². The summed E-state index contributed by atoms with van der Waals surface area (Å²) in [6.07, 6.45) is 3.68. The second-order valence-corrected chi connectivity index (χ2v) is 4.96. The van der Waals surface area contributed by atoms with Crippen molar-refractivity contribution in [2.45, 2.75) is 25.4 Å². The molecular weight excluding hydrogens is 262 g/mol. The molecule has 2 rings (SSSR count). The summed E-state index contributed by atoms with van der Waals surface area (Å²) in [6, 6.07) is -0.103. The molecule has 0 radical (unpaired) electrons. The Kier molecular flexibility index (Phi) is 5.17. The zero-order chi connectivity index (χ0) is 11.5. The van der Waals surface area contributed by atoms with Gasteiger partial charge in [-0.3, -0.25) is 9.69 Å². The highest BCUT2D eigenvalue weighted by Crippen LogP contribution is 2.23. The van der Waals surface area contributed by atoms with Gasteiger partial charge < -0.3 is 10.5 Å². The molecule has 0 spiro atoms. The zero-order valence-electron chi connectivity index (χ0n) is 9.59. The molecule has 17 heavy (non-hydrogen) atoms. The number of carbonyl (C=O) groups is 1. The lowest BCUT2D eigenvalue weighted by Crippen LogP contribution is -2.36. The highest BCUT2D eigenvalue weighted by atomic mass is 35.5. The first-order chi connectivity index (χ1) is 7.70. The number of halogens is 1. The smallest absolute Gasteiger partial charge is 0.323 e. The maximum atomic E-state index is 11.5. The summed E-state index contributed by atoms with van der Waals surface area (Å²) in [7, 11) is 1.43. The molecule has 5 nitrogen and oxygen atoms in total. The molecule has 1 atom stereocenters. The summed E-state index contributed by atoms with van der Waals surface area (Å²) in [5, 5.41) is 0.573. The number of aromatic nitrogens is 1. The van der Waals surface area contributed by atoms with Crippen LogP contribution < -0.4 is 5.73 Å². The molecule has 96 valence electrons. The van der Waals surface area contributed by atoms with Gasteiger partial charge in [0, 0.05) is 17.6 Å². The average molecular weight is 278 g/mol. The molecule has 0 saturated carbocycles. The number of esters is 1. The monoisotopic (exact) mass is 277 g/mol. The normalized spacial score (nSPS) is 19.9. The van der Waals surface area contributed by atoms with Gasteiger partial charge in [0.05, 0.1) is 7.11 Å². The van der Waals surface area contributed by atoms with Crippen LogP contribution in [0.1, 0.15) is 17.7 Å². The van der Waals surface area contributed by atoms with E-state index in [0.717, 1.165) is 30.8 Å². The molecular formula is C10H16ClN3O2S. The highest BCUT2D eigenvalue weighted by Gasteiger charge is 2.31. The van der Waals surface area contributed by atoms with Crippen LogP contribution in [-0.4, -0.2) is 35.5 Å². The van der Waals surface area contributed by atoms with Gasteiger partial charge in [-0.1, -0.05) is 0 Å². The van der Waals surface area contributed by atoms with Gasteiger partial charge in [0.2, 0.25) is 0 Å². The van der Waals surface area contributed by atoms with E-state index in [1.807, 2.05) is 0 Å². The SMILES string of the molecule is COC(=O)[C@@H]1CCCN1Cc1cnc(N)s1.Cl. The van der Waals surface area contributed by atoms with Crippen LogP contribution >= 0.6 is 23.7 Å². The van der Waals surface area contributed by atoms with Crippen LogP contribution in [-0.2, 0) is 16.1 Å². The van der Waals surface area contributed by atoms with E-state index in [1.54, 1.807) is 6.20 Å². The van der Waals surface area contributed by atoms with Crippen LogP contribution in [0.5, 0.6) is 0 Å². The molecule has 1 aliphatic heterocycles. The third-order valence-corrected chi connectivity index (χ3v) is 3.58. The van der Waals surface area contributed by atoms with Gasteiger partial charge >= 0.3 is 5.97 Å². The van der Waals surface area contributed by atoms with Crippen molar-refractivity contribution in [3.63, 3.8) is 0 Å². The Morgan fingerprint density at radius 1 is 1.76 bits per heavy atom. The number of hydrogen-bond acceptors (Lipinski definition) is 6. The molecule has 0 unspecified atom stereocenters. The van der Waals surface area contributed by atoms with Crippen LogP contribution in [0.2, 0.25) is 0 Å². The summed E-state index contributed by atoms with van der Waals surface area (Å²) in [4.78, 5) is 18.7. The summed E-state index contributed by atoms with van der Waals surface area (Å²) >= 11 is 1.47. The predicted molar refractivity (Wildman–Crippen MR) is 69.2 cm³/mol. The van der Waals surface area contributed by atoms with Crippen LogP contribution in [0.4, 0.5) is 5.13 Å². The van der Waals surface area contributed by atoms with Crippen molar-refractivity contribution in [2.75, 3.05) is 19.4 Å². The Bertz CT molecular complexity index is 385. The molecule has 0 bridgehead atoms. The highest BCUT2D eigenvalue weighted by molar-refractivity contribution is 7.15. The first kappa shape index (κ1) is 14.2. The molecule has 1 fully saturated rings. The van der Waals surface area contributed by atoms with E-state index in [2.05, 4.69) is 9.88 Å². The molecule has 2 N–H and O–H groups in total. The standard InChI is InChI=1S/C10H15N3O2S.ClH/c1-15-9(14)8-3-2-4-13(8)6-7-5-12-10(11)16-7;/h5,8H,2-4,6H2,1H3,(H2,11,12);1H/t8-;/m0./s1. The van der Waals surface area contributed by atoms with E-state index in [1.165, 1.54) is 18.4 Å². The lowest BCUT2D eigenvalue weighted by Gasteiger charge is -2.21. The first-order valence-electron chi connectivity index (χ1n) is 5.23. The van der Waals surface area contributed by atoms with Gasteiger partial charge in [0.15, 0.2) is 5.13 Å². The summed E-state index contributed by atoms with van der Waals surface area (Å²) in [5.41, 5.74) is 5.57. The molecule has 1 aliphatic rings. The van der Waals surface area contributed by atoms with E-state index in [4.69, 9.17) is 10.5 Å². The van der Waals surface area contributed by atoms with E-state index in [0.29, 0.717) is 5.13 Å². The first-order valence-corrected chi connectivity index (χ1v) is 6.04. The third kappa shape index (κ3) is 3.31. The fraction of sp³-hybridized carbons (Fsp3) is 0.600. The molecule has 7 heteroatoms. The van der Waals surface area contributed by atoms with Crippen LogP contribution in [0.15, 0.2) is 6.20 Å². The zero-order valence-corrected chi connectivity index (χ0v) is 11.2. The number of likely N-dealkylation sites (tertiary alicyclic amines) is 1. The largest absolute Gasteiger partial charge is 0.468 e. The van der Waals surface area contributed by atoms with Gasteiger partial charge in [-0.25, -0.2) is 4.98 Å². The van der Waals surface area contributed by atoms with Crippen molar-refractivity contribution in [1.82, 2.24) is 9.88 Å². The Labute approximate surface area is 110 Å². The van der Waals surface area contributed by atoms with Gasteiger partial charge in [0.1, 0.15) is 6.04 Å². The third-order valence-electron chi connectivity index (χ3n) is 2.77. The molecule has 1 aromatic rings. The lowest BCUT2D eigenvalue weighted by atomic mass is 10.2. The minimum atomic E-state index is -0.144. The number of nitrogens with two attached hydrogens (primary N) is 1. The number of methoxy groups -OCH3 is 1. The molecule has 0 aromatic carbocycles. The van der Waals surface area contributed by atoms with Gasteiger partial charge in [-0.15, -0.1) is 23.7 Å². The molecule has 0 amide bonds. The van der Waals surface area contributed by atoms with Crippen LogP contribution in [0.25, 0.3) is 0 Å². The van der Waals surface area contributed by atoms with E-state index < -0.39 is 0 Å². The number of nitrogen functional groups attached to an aromatic ring is 1. The Balaban J connectivity index is 0.00000144. The summed E-state index contributed by atoms with van der Waals surface area (Å²) < 4.78 is 4.79. The number of carbonyl (C=O) groups excluding carboxylic acids is 1. The molecule has 1 saturated heterocycles. The van der Waals surface area contributed by atoms with Crippen molar-refractivity contribution in [1.29, 1.82) is 0 Å². The Morgan fingerprint density at radius 2 is 2.53 bits per heavy atom. The van der Waals surface area contributed by atoms with E-state index in [9.17, 15) is 4.79 Å². The number of hydrogen-bond donors (Lipinski definition) is 1. The van der Waals surface area contributed by atoms with Crippen LogP contribution in [0.3, 0.4) is 0 Å². The van der Waals surface area contributed by atoms with Gasteiger partial charge in [-0.2, -0.15) is 0 Å². The quantitative estimate of drug-likeness (QED) is 0.843. The average Bonchev–Trinajstić information content (AvgIpc) is 2.87. The number of thiazole rings is 1. The maximum absolute atomic E-state index is 11.5. The predicted octanol–water partition coefficient (Wildman–Crippen LogP) is 1.28. The van der Waals surface area contributed by atoms with Crippen LogP contribution in [0, 0.1) is 0 Å². The number of ether oxygens (including phenoxy) is 1. The Morgan fingerprint density at radius 3 is 3.12 bits per heavy atom. The minimum Gasteiger partial charge on any atom is -0.468 e. The summed E-state index contributed by atoms with van der Waals surface area (Å²) in [5.74, 6) is -0.144. The van der Waals surface area contributed by atoms with Crippen molar-refractivity contribution in [2.24, 2.45) is 0 Å². The Hall–Kier alpha value is -0.850. The molecule has 2 heterocycles. The number of anilines is 1. The van der Waals surface area contributed by atoms with Crippen molar-refractivity contribution >= 4 is 34.8 Å². The minimum absolute atomic E-state index is 0. The molecule has 0 aliphatic carbocycles. The number of rotatable bonds is 3.